The van der Waals surface area contributed by atoms with Crippen LogP contribution in [-0.2, 0) is 18.3 Å². The quantitative estimate of drug-likeness (QED) is 0.489. The van der Waals surface area contributed by atoms with Crippen molar-refractivity contribution in [1.29, 1.82) is 0 Å². The first-order valence-electron chi connectivity index (χ1n) is 10.7. The van der Waals surface area contributed by atoms with Crippen LogP contribution in [0.5, 0.6) is 0 Å². The maximum absolute atomic E-state index is 5.52. The smallest absolute Gasteiger partial charge is 0.206 e. The molecule has 3 aromatic carbocycles. The maximum atomic E-state index is 5.52. The number of para-hydroxylation sites is 2. The lowest BCUT2D eigenvalue weighted by Crippen LogP contribution is -2.41. The van der Waals surface area contributed by atoms with Crippen LogP contribution in [0.15, 0.2) is 66.7 Å². The van der Waals surface area contributed by atoms with Gasteiger partial charge in [-0.3, -0.25) is 4.90 Å². The molecule has 0 saturated carbocycles. The molecule has 0 amide bonds. The zero-order valence-corrected chi connectivity index (χ0v) is 17.5. The van der Waals surface area contributed by atoms with Crippen LogP contribution in [0.3, 0.4) is 0 Å². The molecule has 4 aromatic rings. The van der Waals surface area contributed by atoms with E-state index in [2.05, 4.69) is 88.1 Å². The molecular formula is C25H28N4O. The Kier molecular flexibility index (Phi) is 5.39. The fourth-order valence-corrected chi connectivity index (χ4v) is 4.39. The van der Waals surface area contributed by atoms with Crippen LogP contribution in [0.1, 0.15) is 5.56 Å². The van der Waals surface area contributed by atoms with E-state index in [1.165, 1.54) is 21.9 Å². The topological polar surface area (TPSA) is 33.5 Å². The molecule has 1 aromatic heterocycles. The molecule has 0 spiro atoms. The van der Waals surface area contributed by atoms with E-state index in [1.54, 1.807) is 0 Å². The summed E-state index contributed by atoms with van der Waals surface area (Å²) in [6.45, 7) is 6.45. The largest absolute Gasteiger partial charge is 0.379 e. The second kappa shape index (κ2) is 8.46. The molecule has 1 fully saturated rings. The monoisotopic (exact) mass is 400 g/mol. The van der Waals surface area contributed by atoms with E-state index < -0.39 is 0 Å². The van der Waals surface area contributed by atoms with Gasteiger partial charge in [-0.2, -0.15) is 0 Å². The number of imidazole rings is 1. The summed E-state index contributed by atoms with van der Waals surface area (Å²) < 4.78 is 7.74. The van der Waals surface area contributed by atoms with Crippen LogP contribution < -0.4 is 4.90 Å². The number of fused-ring (bicyclic) bond motifs is 2. The Bertz CT molecular complexity index is 1140. The summed E-state index contributed by atoms with van der Waals surface area (Å²) in [5.41, 5.74) is 3.55. The highest BCUT2D eigenvalue weighted by Crippen LogP contribution is 2.25. The van der Waals surface area contributed by atoms with Crippen molar-refractivity contribution in [3.8, 4) is 0 Å². The average molecular weight is 401 g/mol. The van der Waals surface area contributed by atoms with Gasteiger partial charge in [-0.25, -0.2) is 4.98 Å². The first-order valence-corrected chi connectivity index (χ1v) is 10.7. The van der Waals surface area contributed by atoms with Gasteiger partial charge in [0.25, 0.3) is 0 Å². The zero-order valence-electron chi connectivity index (χ0n) is 17.5. The predicted molar refractivity (Wildman–Crippen MR) is 123 cm³/mol. The summed E-state index contributed by atoms with van der Waals surface area (Å²) in [6.07, 6.45) is 0. The number of aryl methyl sites for hydroxylation is 1. The van der Waals surface area contributed by atoms with Crippen molar-refractivity contribution in [2.45, 2.75) is 6.54 Å². The first kappa shape index (κ1) is 19.1. The normalized spacial score (nSPS) is 15.1. The van der Waals surface area contributed by atoms with Crippen LogP contribution >= 0.6 is 0 Å². The molecular weight excluding hydrogens is 372 g/mol. The summed E-state index contributed by atoms with van der Waals surface area (Å²) in [5, 5.41) is 2.60. The van der Waals surface area contributed by atoms with Gasteiger partial charge in [0, 0.05) is 39.8 Å². The second-order valence-electron chi connectivity index (χ2n) is 7.97. The number of hydrogen-bond donors (Lipinski definition) is 0. The van der Waals surface area contributed by atoms with Gasteiger partial charge in [0.15, 0.2) is 0 Å². The van der Waals surface area contributed by atoms with E-state index in [-0.39, 0.29) is 0 Å². The van der Waals surface area contributed by atoms with Crippen molar-refractivity contribution in [2.75, 3.05) is 44.3 Å². The van der Waals surface area contributed by atoms with Crippen molar-refractivity contribution < 1.29 is 4.74 Å². The van der Waals surface area contributed by atoms with E-state index in [0.717, 1.165) is 57.4 Å². The number of benzene rings is 3. The third-order valence-electron chi connectivity index (χ3n) is 6.08. The minimum atomic E-state index is 0.829. The van der Waals surface area contributed by atoms with Gasteiger partial charge in [-0.15, -0.1) is 0 Å². The molecule has 1 aliphatic heterocycles. The van der Waals surface area contributed by atoms with E-state index in [4.69, 9.17) is 9.72 Å². The second-order valence-corrected chi connectivity index (χ2v) is 7.97. The molecule has 5 heteroatoms. The van der Waals surface area contributed by atoms with Gasteiger partial charge >= 0.3 is 0 Å². The Morgan fingerprint density at radius 1 is 0.933 bits per heavy atom. The first-order chi connectivity index (χ1) is 14.8. The fourth-order valence-electron chi connectivity index (χ4n) is 4.39. The number of rotatable bonds is 6. The lowest BCUT2D eigenvalue weighted by Gasteiger charge is -2.31. The molecule has 0 N–H and O–H groups in total. The van der Waals surface area contributed by atoms with Gasteiger partial charge in [-0.1, -0.05) is 54.6 Å². The lowest BCUT2D eigenvalue weighted by atomic mass is 10.0. The molecule has 0 radical (unpaired) electrons. The number of aromatic nitrogens is 2. The minimum Gasteiger partial charge on any atom is -0.379 e. The molecule has 1 aliphatic rings. The van der Waals surface area contributed by atoms with Gasteiger partial charge in [0.1, 0.15) is 0 Å². The Morgan fingerprint density at radius 2 is 1.70 bits per heavy atom. The van der Waals surface area contributed by atoms with E-state index >= 15 is 0 Å². The standard InChI is InChI=1S/C25H28N4O/c1-27-24-12-5-4-11-23(24)26-25(27)29(14-13-28-15-17-30-18-16-28)19-21-9-6-8-20-7-2-3-10-22(20)21/h2-12H,13-19H2,1H3. The number of morpholine rings is 1. The maximum Gasteiger partial charge on any atom is 0.206 e. The van der Waals surface area contributed by atoms with E-state index in [0.29, 0.717) is 0 Å². The molecule has 154 valence electrons. The van der Waals surface area contributed by atoms with Crippen LogP contribution in [0.2, 0.25) is 0 Å². The molecule has 5 nitrogen and oxygen atoms in total. The minimum absolute atomic E-state index is 0.829. The third kappa shape index (κ3) is 3.78. The van der Waals surface area contributed by atoms with Crippen molar-refractivity contribution >= 4 is 27.8 Å². The van der Waals surface area contributed by atoms with Crippen LogP contribution in [0.25, 0.3) is 21.8 Å². The van der Waals surface area contributed by atoms with Crippen LogP contribution in [0, 0.1) is 0 Å². The predicted octanol–water partition coefficient (Wildman–Crippen LogP) is 4.07. The van der Waals surface area contributed by atoms with E-state index in [1.807, 2.05) is 0 Å². The Labute approximate surface area is 177 Å². The Balaban J connectivity index is 1.49. The van der Waals surface area contributed by atoms with Crippen LogP contribution in [0.4, 0.5) is 5.95 Å². The lowest BCUT2D eigenvalue weighted by molar-refractivity contribution is 0.0391. The van der Waals surface area contributed by atoms with Gasteiger partial charge < -0.3 is 14.2 Å². The third-order valence-corrected chi connectivity index (χ3v) is 6.08. The fraction of sp³-hybridized carbons (Fsp3) is 0.320. The van der Waals surface area contributed by atoms with Crippen molar-refractivity contribution in [2.24, 2.45) is 7.05 Å². The summed E-state index contributed by atoms with van der Waals surface area (Å²) in [7, 11) is 2.12. The highest BCUT2D eigenvalue weighted by molar-refractivity contribution is 5.86. The van der Waals surface area contributed by atoms with E-state index in [9.17, 15) is 0 Å². The molecule has 5 rings (SSSR count). The molecule has 2 heterocycles. The summed E-state index contributed by atoms with van der Waals surface area (Å²) in [5.74, 6) is 1.03. The highest BCUT2D eigenvalue weighted by atomic mass is 16.5. The zero-order chi connectivity index (χ0) is 20.3. The van der Waals surface area contributed by atoms with Gasteiger partial charge in [0.05, 0.1) is 24.2 Å². The van der Waals surface area contributed by atoms with Crippen molar-refractivity contribution in [3.05, 3.63) is 72.3 Å². The van der Waals surface area contributed by atoms with Crippen LogP contribution in [-0.4, -0.2) is 53.8 Å². The SMILES string of the molecule is Cn1c(N(CCN2CCOCC2)Cc2cccc3ccccc23)nc2ccccc21. The van der Waals surface area contributed by atoms with Crippen molar-refractivity contribution in [1.82, 2.24) is 14.5 Å². The number of anilines is 1. The Morgan fingerprint density at radius 3 is 2.57 bits per heavy atom. The molecule has 0 atom stereocenters. The number of ether oxygens (including phenoxy) is 1. The molecule has 0 aliphatic carbocycles. The summed E-state index contributed by atoms with van der Waals surface area (Å²) in [6, 6.07) is 23.6. The van der Waals surface area contributed by atoms with Gasteiger partial charge in [-0.05, 0) is 28.5 Å². The summed E-state index contributed by atoms with van der Waals surface area (Å²) >= 11 is 0. The molecule has 0 unspecified atom stereocenters. The number of nitrogens with zero attached hydrogens (tertiary/aromatic N) is 4. The number of hydrogen-bond acceptors (Lipinski definition) is 4. The average Bonchev–Trinajstić information content (AvgIpc) is 3.14. The summed E-state index contributed by atoms with van der Waals surface area (Å²) in [4.78, 5) is 9.91. The molecule has 0 bridgehead atoms. The molecule has 1 saturated heterocycles. The highest BCUT2D eigenvalue weighted by Gasteiger charge is 2.18. The Hall–Kier alpha value is -2.89. The molecule has 30 heavy (non-hydrogen) atoms. The van der Waals surface area contributed by atoms with Gasteiger partial charge in [0.2, 0.25) is 5.95 Å². The van der Waals surface area contributed by atoms with Crippen molar-refractivity contribution in [3.63, 3.8) is 0 Å².